The van der Waals surface area contributed by atoms with E-state index in [2.05, 4.69) is 20.8 Å². The molecule has 0 aliphatic heterocycles. The summed E-state index contributed by atoms with van der Waals surface area (Å²) in [6, 6.07) is 9.44. The Bertz CT molecular complexity index is 1140. The molecule has 3 rings (SSSR count). The Kier molecular flexibility index (Phi) is 8.07. The fourth-order valence-electron chi connectivity index (χ4n) is 2.46. The van der Waals surface area contributed by atoms with E-state index in [1.165, 1.54) is 17.8 Å². The highest BCUT2D eigenvalue weighted by molar-refractivity contribution is 7.99. The summed E-state index contributed by atoms with van der Waals surface area (Å²) in [4.78, 5) is 24.5. The topological polar surface area (TPSA) is 88.9 Å². The number of thioether (sulfide) groups is 1. The molecule has 0 saturated heterocycles. The molecular formula is C19H15Cl4N5O2S. The van der Waals surface area contributed by atoms with Crippen LogP contribution in [0.25, 0.3) is 0 Å². The minimum atomic E-state index is -0.363. The zero-order chi connectivity index (χ0) is 22.5. The molecule has 162 valence electrons. The molecule has 1 heterocycles. The van der Waals surface area contributed by atoms with Crippen LogP contribution in [0.1, 0.15) is 16.2 Å². The Morgan fingerprint density at radius 1 is 1.00 bits per heavy atom. The van der Waals surface area contributed by atoms with E-state index in [1.807, 2.05) is 0 Å². The smallest absolute Gasteiger partial charge is 0.253 e. The van der Waals surface area contributed by atoms with Gasteiger partial charge >= 0.3 is 0 Å². The standard InChI is InChI=1S/C19H15Cl4N5O2S/c1-28-16(8-24-18(30)12-4-2-10(20)6-13(12)22)26-27-19(28)31-9-17(29)25-15-5-3-11(21)7-14(15)23/h2-7H,8-9H2,1H3,(H,24,30)(H,25,29). The average Bonchev–Trinajstić information content (AvgIpc) is 3.06. The summed E-state index contributed by atoms with van der Waals surface area (Å²) in [6.45, 7) is 0.133. The van der Waals surface area contributed by atoms with Crippen molar-refractivity contribution < 1.29 is 9.59 Å². The lowest BCUT2D eigenvalue weighted by molar-refractivity contribution is -0.113. The number of nitrogens with one attached hydrogen (secondary N) is 2. The molecule has 0 fully saturated rings. The molecule has 0 aliphatic rings. The van der Waals surface area contributed by atoms with Gasteiger partial charge in [-0.15, -0.1) is 10.2 Å². The van der Waals surface area contributed by atoms with Gasteiger partial charge in [0.2, 0.25) is 5.91 Å². The molecular weight excluding hydrogens is 504 g/mol. The first-order valence-electron chi connectivity index (χ1n) is 8.74. The number of carbonyl (C=O) groups excluding carboxylic acids is 2. The fraction of sp³-hybridized carbons (Fsp3) is 0.158. The van der Waals surface area contributed by atoms with Gasteiger partial charge in [-0.25, -0.2) is 0 Å². The first-order chi connectivity index (χ1) is 14.7. The van der Waals surface area contributed by atoms with E-state index < -0.39 is 0 Å². The van der Waals surface area contributed by atoms with E-state index in [4.69, 9.17) is 46.4 Å². The molecule has 0 unspecified atom stereocenters. The molecule has 2 aromatic carbocycles. The number of nitrogens with zero attached hydrogens (tertiary/aromatic N) is 3. The normalized spacial score (nSPS) is 10.7. The van der Waals surface area contributed by atoms with Crippen molar-refractivity contribution in [3.8, 4) is 0 Å². The van der Waals surface area contributed by atoms with Crippen LogP contribution >= 0.6 is 58.2 Å². The molecule has 0 aliphatic carbocycles. The highest BCUT2D eigenvalue weighted by atomic mass is 35.5. The van der Waals surface area contributed by atoms with Gasteiger partial charge in [-0.1, -0.05) is 58.2 Å². The number of hydrogen-bond donors (Lipinski definition) is 2. The molecule has 31 heavy (non-hydrogen) atoms. The quantitative estimate of drug-likeness (QED) is 0.425. The van der Waals surface area contributed by atoms with Crippen molar-refractivity contribution in [1.29, 1.82) is 0 Å². The van der Waals surface area contributed by atoms with Crippen LogP contribution in [0.2, 0.25) is 20.1 Å². The SMILES string of the molecule is Cn1c(CNC(=O)c2ccc(Cl)cc2Cl)nnc1SCC(=O)Nc1ccc(Cl)cc1Cl. The summed E-state index contributed by atoms with van der Waals surface area (Å²) in [5.41, 5.74) is 0.777. The van der Waals surface area contributed by atoms with Gasteiger partial charge in [0.25, 0.3) is 5.91 Å². The van der Waals surface area contributed by atoms with E-state index in [0.717, 1.165) is 0 Å². The van der Waals surface area contributed by atoms with Gasteiger partial charge in [0.1, 0.15) is 0 Å². The first kappa shape index (κ1) is 23.7. The lowest BCUT2D eigenvalue weighted by Gasteiger charge is -2.08. The van der Waals surface area contributed by atoms with Crippen molar-refractivity contribution in [2.45, 2.75) is 11.7 Å². The number of carbonyl (C=O) groups is 2. The average molecular weight is 519 g/mol. The molecule has 2 amide bonds. The summed E-state index contributed by atoms with van der Waals surface area (Å²) < 4.78 is 1.69. The number of anilines is 1. The summed E-state index contributed by atoms with van der Waals surface area (Å²) in [5, 5.41) is 15.6. The number of rotatable bonds is 7. The van der Waals surface area contributed by atoms with E-state index in [-0.39, 0.29) is 29.1 Å². The van der Waals surface area contributed by atoms with Gasteiger partial charge in [-0.3, -0.25) is 9.59 Å². The van der Waals surface area contributed by atoms with Crippen molar-refractivity contribution in [3.05, 3.63) is 67.9 Å². The predicted octanol–water partition coefficient (Wildman–Crippen LogP) is 5.09. The molecule has 7 nitrogen and oxygen atoms in total. The Morgan fingerprint density at radius 3 is 2.35 bits per heavy atom. The van der Waals surface area contributed by atoms with Crippen molar-refractivity contribution in [2.24, 2.45) is 7.05 Å². The van der Waals surface area contributed by atoms with E-state index in [0.29, 0.717) is 37.3 Å². The minimum Gasteiger partial charge on any atom is -0.345 e. The monoisotopic (exact) mass is 517 g/mol. The zero-order valence-corrected chi connectivity index (χ0v) is 19.8. The third-order valence-corrected chi connectivity index (χ3v) is 6.16. The molecule has 3 aromatic rings. The number of benzene rings is 2. The van der Waals surface area contributed by atoms with Crippen LogP contribution in [0.15, 0.2) is 41.6 Å². The molecule has 12 heteroatoms. The summed E-state index contributed by atoms with van der Waals surface area (Å²) in [6.07, 6.45) is 0. The molecule has 2 N–H and O–H groups in total. The van der Waals surface area contributed by atoms with E-state index >= 15 is 0 Å². The van der Waals surface area contributed by atoms with Crippen molar-refractivity contribution >= 4 is 75.7 Å². The van der Waals surface area contributed by atoms with Crippen LogP contribution in [0.3, 0.4) is 0 Å². The second kappa shape index (κ2) is 10.6. The van der Waals surface area contributed by atoms with Crippen LogP contribution in [-0.2, 0) is 18.4 Å². The maximum absolute atomic E-state index is 12.3. The maximum atomic E-state index is 12.3. The van der Waals surface area contributed by atoms with Crippen LogP contribution in [0.5, 0.6) is 0 Å². The van der Waals surface area contributed by atoms with Gasteiger partial charge in [0.15, 0.2) is 11.0 Å². The summed E-state index contributed by atoms with van der Waals surface area (Å²) >= 11 is 25.0. The summed E-state index contributed by atoms with van der Waals surface area (Å²) in [5.74, 6) is -0.0119. The first-order valence-corrected chi connectivity index (χ1v) is 11.2. The third kappa shape index (κ3) is 6.27. The Hall–Kier alpha value is -1.97. The van der Waals surface area contributed by atoms with Gasteiger partial charge in [-0.05, 0) is 36.4 Å². The maximum Gasteiger partial charge on any atom is 0.253 e. The highest BCUT2D eigenvalue weighted by Gasteiger charge is 2.15. The highest BCUT2D eigenvalue weighted by Crippen LogP contribution is 2.26. The van der Waals surface area contributed by atoms with Gasteiger partial charge in [-0.2, -0.15) is 0 Å². The van der Waals surface area contributed by atoms with Crippen molar-refractivity contribution in [2.75, 3.05) is 11.1 Å². The molecule has 0 radical (unpaired) electrons. The van der Waals surface area contributed by atoms with Crippen molar-refractivity contribution in [1.82, 2.24) is 20.1 Å². The van der Waals surface area contributed by atoms with Gasteiger partial charge < -0.3 is 15.2 Å². The largest absolute Gasteiger partial charge is 0.345 e. The van der Waals surface area contributed by atoms with Crippen LogP contribution in [0, 0.1) is 0 Å². The number of amides is 2. The second-order valence-corrected chi connectivity index (χ2v) is 8.86. The molecule has 0 saturated carbocycles. The number of aromatic nitrogens is 3. The Labute approximate surface area is 202 Å². The predicted molar refractivity (Wildman–Crippen MR) is 124 cm³/mol. The molecule has 0 bridgehead atoms. The Morgan fingerprint density at radius 2 is 1.68 bits per heavy atom. The van der Waals surface area contributed by atoms with Gasteiger partial charge in [0, 0.05) is 17.1 Å². The fourth-order valence-corrected chi connectivity index (χ4v) is 4.14. The number of halogens is 4. The van der Waals surface area contributed by atoms with E-state index in [1.54, 1.807) is 41.9 Å². The van der Waals surface area contributed by atoms with Crippen LogP contribution in [-0.4, -0.2) is 32.3 Å². The minimum absolute atomic E-state index is 0.0949. The summed E-state index contributed by atoms with van der Waals surface area (Å²) in [7, 11) is 1.74. The van der Waals surface area contributed by atoms with Crippen LogP contribution in [0.4, 0.5) is 5.69 Å². The lowest BCUT2D eigenvalue weighted by atomic mass is 10.2. The third-order valence-electron chi connectivity index (χ3n) is 4.05. The molecule has 0 spiro atoms. The lowest BCUT2D eigenvalue weighted by Crippen LogP contribution is -2.24. The Balaban J connectivity index is 1.54. The zero-order valence-electron chi connectivity index (χ0n) is 16.0. The van der Waals surface area contributed by atoms with Crippen molar-refractivity contribution in [3.63, 3.8) is 0 Å². The van der Waals surface area contributed by atoms with Crippen LogP contribution < -0.4 is 10.6 Å². The molecule has 0 atom stereocenters. The van der Waals surface area contributed by atoms with Gasteiger partial charge in [0.05, 0.1) is 33.6 Å². The molecule has 1 aromatic heterocycles. The second-order valence-electron chi connectivity index (χ2n) is 6.23. The van der Waals surface area contributed by atoms with E-state index in [9.17, 15) is 9.59 Å². The number of hydrogen-bond acceptors (Lipinski definition) is 5.